The summed E-state index contributed by atoms with van der Waals surface area (Å²) < 4.78 is 4.53. The number of hydrogen-bond donors (Lipinski definition) is 1. The van der Waals surface area contributed by atoms with E-state index in [9.17, 15) is 4.79 Å². The molecule has 2 aromatic heterocycles. The number of aryl methyl sites for hydroxylation is 2. The van der Waals surface area contributed by atoms with Crippen molar-refractivity contribution < 1.29 is 19.0 Å². The van der Waals surface area contributed by atoms with Crippen molar-refractivity contribution in [2.24, 2.45) is 0 Å². The van der Waals surface area contributed by atoms with Gasteiger partial charge in [0.2, 0.25) is 0 Å². The van der Waals surface area contributed by atoms with E-state index in [2.05, 4.69) is 65.1 Å². The van der Waals surface area contributed by atoms with Gasteiger partial charge in [-0.3, -0.25) is 4.79 Å². The number of aliphatic carboxylic acids is 1. The number of pyridine rings is 2. The van der Waals surface area contributed by atoms with E-state index in [1.54, 1.807) is 0 Å². The number of carbonyl (C=O) groups is 1. The zero-order valence-electron chi connectivity index (χ0n) is 18.8. The molecule has 0 bridgehead atoms. The second kappa shape index (κ2) is 14.7. The van der Waals surface area contributed by atoms with Gasteiger partial charge in [-0.1, -0.05) is 45.4 Å². The maximum Gasteiger partial charge on any atom is 0.303 e. The van der Waals surface area contributed by atoms with Crippen LogP contribution in [-0.4, -0.2) is 11.1 Å². The van der Waals surface area contributed by atoms with Gasteiger partial charge in [0, 0.05) is 43.5 Å². The predicted molar refractivity (Wildman–Crippen MR) is 121 cm³/mol. The van der Waals surface area contributed by atoms with Gasteiger partial charge < -0.3 is 5.11 Å². The predicted octanol–water partition coefficient (Wildman–Crippen LogP) is 5.71. The highest BCUT2D eigenvalue weighted by molar-refractivity contribution is 5.66. The molecule has 0 amide bonds. The van der Waals surface area contributed by atoms with Crippen molar-refractivity contribution in [2.45, 2.75) is 97.1 Å². The van der Waals surface area contributed by atoms with Gasteiger partial charge in [0.25, 0.3) is 0 Å². The van der Waals surface area contributed by atoms with Gasteiger partial charge in [-0.2, -0.15) is 0 Å². The van der Waals surface area contributed by atoms with Crippen LogP contribution < -0.4 is 9.13 Å². The molecule has 0 aliphatic heterocycles. The summed E-state index contributed by atoms with van der Waals surface area (Å²) in [6.45, 7) is 4.39. The Morgan fingerprint density at radius 2 is 1.07 bits per heavy atom. The average Bonchev–Trinajstić information content (AvgIpc) is 2.76. The molecule has 30 heavy (non-hydrogen) atoms. The lowest BCUT2D eigenvalue weighted by Gasteiger charge is -2.03. The van der Waals surface area contributed by atoms with Crippen LogP contribution in [0.4, 0.5) is 0 Å². The summed E-state index contributed by atoms with van der Waals surface area (Å²) in [5.74, 6) is -0.684. The lowest BCUT2D eigenvalue weighted by atomic mass is 10.1. The van der Waals surface area contributed by atoms with E-state index >= 15 is 0 Å². The van der Waals surface area contributed by atoms with Crippen LogP contribution in [0.15, 0.2) is 49.1 Å². The number of nitrogens with zero attached hydrogens (tertiary/aromatic N) is 2. The molecule has 0 saturated heterocycles. The highest BCUT2D eigenvalue weighted by atomic mass is 16.4. The molecule has 2 heterocycles. The minimum absolute atomic E-state index is 0.300. The molecule has 0 aliphatic carbocycles. The molecule has 0 radical (unpaired) electrons. The fourth-order valence-corrected chi connectivity index (χ4v) is 3.77. The van der Waals surface area contributed by atoms with Crippen LogP contribution in [0.2, 0.25) is 0 Å². The first-order valence-electron chi connectivity index (χ1n) is 11.9. The molecular formula is C26H40N2O2+2. The number of unbranched alkanes of at least 4 members (excludes halogenated alkanes) is 9. The SMILES string of the molecule is CCCCCCCC[n+]1ccc(-c2cc[n+](CCCCCCCC(=O)O)cc2)cc1. The Bertz CT molecular complexity index is 711. The summed E-state index contributed by atoms with van der Waals surface area (Å²) in [6.07, 6.45) is 22.3. The Kier molecular flexibility index (Phi) is 11.8. The summed E-state index contributed by atoms with van der Waals surface area (Å²) in [7, 11) is 0. The third-order valence-corrected chi connectivity index (χ3v) is 5.69. The fourth-order valence-electron chi connectivity index (χ4n) is 3.77. The minimum atomic E-state index is -0.684. The molecule has 0 atom stereocenters. The van der Waals surface area contributed by atoms with Gasteiger partial charge >= 0.3 is 5.97 Å². The molecule has 164 valence electrons. The summed E-state index contributed by atoms with van der Waals surface area (Å²) in [5, 5.41) is 8.65. The summed E-state index contributed by atoms with van der Waals surface area (Å²) in [6, 6.07) is 8.82. The molecule has 0 fully saturated rings. The van der Waals surface area contributed by atoms with Crippen molar-refractivity contribution >= 4 is 5.97 Å². The van der Waals surface area contributed by atoms with Crippen LogP contribution >= 0.6 is 0 Å². The number of hydrogen-bond acceptors (Lipinski definition) is 1. The summed E-state index contributed by atoms with van der Waals surface area (Å²) in [5.41, 5.74) is 2.52. The Labute approximate surface area is 182 Å². The summed E-state index contributed by atoms with van der Waals surface area (Å²) in [4.78, 5) is 10.5. The van der Waals surface area contributed by atoms with Gasteiger partial charge in [0.15, 0.2) is 24.8 Å². The van der Waals surface area contributed by atoms with E-state index < -0.39 is 5.97 Å². The molecule has 0 spiro atoms. The highest BCUT2D eigenvalue weighted by Crippen LogP contribution is 2.16. The monoisotopic (exact) mass is 412 g/mol. The van der Waals surface area contributed by atoms with Gasteiger partial charge in [-0.15, -0.1) is 0 Å². The van der Waals surface area contributed by atoms with Crippen molar-refractivity contribution in [2.75, 3.05) is 0 Å². The molecule has 2 aromatic rings. The Morgan fingerprint density at radius 1 is 0.667 bits per heavy atom. The van der Waals surface area contributed by atoms with E-state index in [-0.39, 0.29) is 0 Å². The van der Waals surface area contributed by atoms with Crippen molar-refractivity contribution in [1.82, 2.24) is 0 Å². The van der Waals surface area contributed by atoms with Gasteiger partial charge in [-0.25, -0.2) is 9.13 Å². The molecule has 1 N–H and O–H groups in total. The number of carboxylic acids is 1. The van der Waals surface area contributed by atoms with E-state index in [0.717, 1.165) is 45.2 Å². The first-order chi connectivity index (χ1) is 14.7. The zero-order valence-corrected chi connectivity index (χ0v) is 18.8. The third-order valence-electron chi connectivity index (χ3n) is 5.69. The van der Waals surface area contributed by atoms with Crippen molar-refractivity contribution in [3.63, 3.8) is 0 Å². The molecule has 2 rings (SSSR count). The van der Waals surface area contributed by atoms with Crippen LogP contribution in [0.1, 0.15) is 84.0 Å². The normalized spacial score (nSPS) is 11.0. The largest absolute Gasteiger partial charge is 0.481 e. The number of carboxylic acid groups (broad SMARTS) is 1. The maximum atomic E-state index is 10.5. The molecule has 0 saturated carbocycles. The lowest BCUT2D eigenvalue weighted by Crippen LogP contribution is -2.33. The van der Waals surface area contributed by atoms with Crippen LogP contribution in [0.5, 0.6) is 0 Å². The Hall–Kier alpha value is -2.23. The van der Waals surface area contributed by atoms with E-state index in [4.69, 9.17) is 5.11 Å². The zero-order chi connectivity index (χ0) is 21.4. The van der Waals surface area contributed by atoms with E-state index in [1.165, 1.54) is 49.7 Å². The fraction of sp³-hybridized carbons (Fsp3) is 0.577. The molecule has 0 aromatic carbocycles. The van der Waals surface area contributed by atoms with Crippen LogP contribution in [-0.2, 0) is 17.9 Å². The standard InChI is InChI=1S/C26H39N2O2/c1-2-3-4-5-8-11-18-27-20-14-24(15-21-27)25-16-22-28(23-17-25)19-12-9-6-7-10-13-26(29)30/h14-17,20-23H,2-13,18-19H2,1H3/q+1/p+1. The average molecular weight is 413 g/mol. The minimum Gasteiger partial charge on any atom is -0.481 e. The van der Waals surface area contributed by atoms with Crippen molar-refractivity contribution in [3.05, 3.63) is 49.1 Å². The molecular weight excluding hydrogens is 372 g/mol. The maximum absolute atomic E-state index is 10.5. The smallest absolute Gasteiger partial charge is 0.303 e. The van der Waals surface area contributed by atoms with E-state index in [1.807, 2.05) is 0 Å². The number of aromatic nitrogens is 2. The van der Waals surface area contributed by atoms with Crippen molar-refractivity contribution in [3.8, 4) is 11.1 Å². The Balaban J connectivity index is 1.67. The van der Waals surface area contributed by atoms with Crippen LogP contribution in [0, 0.1) is 0 Å². The Morgan fingerprint density at radius 3 is 1.50 bits per heavy atom. The van der Waals surface area contributed by atoms with Crippen LogP contribution in [0.25, 0.3) is 11.1 Å². The van der Waals surface area contributed by atoms with Gasteiger partial charge in [-0.05, 0) is 30.4 Å². The van der Waals surface area contributed by atoms with Gasteiger partial charge in [0.05, 0.1) is 0 Å². The molecule has 0 unspecified atom stereocenters. The first-order valence-corrected chi connectivity index (χ1v) is 11.9. The summed E-state index contributed by atoms with van der Waals surface area (Å²) >= 11 is 0. The molecule has 4 heteroatoms. The topological polar surface area (TPSA) is 45.1 Å². The molecule has 4 nitrogen and oxygen atoms in total. The second-order valence-electron chi connectivity index (χ2n) is 8.33. The quantitative estimate of drug-likeness (QED) is 0.283. The van der Waals surface area contributed by atoms with E-state index in [0.29, 0.717) is 6.42 Å². The van der Waals surface area contributed by atoms with Crippen LogP contribution in [0.3, 0.4) is 0 Å². The first kappa shape index (κ1) is 24.0. The highest BCUT2D eigenvalue weighted by Gasteiger charge is 2.06. The number of rotatable bonds is 16. The van der Waals surface area contributed by atoms with Crippen molar-refractivity contribution in [1.29, 1.82) is 0 Å². The van der Waals surface area contributed by atoms with Gasteiger partial charge in [0.1, 0.15) is 13.1 Å². The third kappa shape index (κ3) is 10.00. The second-order valence-corrected chi connectivity index (χ2v) is 8.33. The molecule has 0 aliphatic rings. The lowest BCUT2D eigenvalue weighted by molar-refractivity contribution is -0.697.